The average molecular weight is 478 g/mol. The fourth-order valence-corrected chi connectivity index (χ4v) is 2.25. The number of hydrogen-bond acceptors (Lipinski definition) is 9. The van der Waals surface area contributed by atoms with Crippen LogP contribution in [0, 0.1) is 0 Å². The zero-order valence-electron chi connectivity index (χ0n) is 16.7. The van der Waals surface area contributed by atoms with Gasteiger partial charge >= 0.3 is 29.8 Å². The molecule has 0 saturated heterocycles. The monoisotopic (exact) mass is 478 g/mol. The zero-order chi connectivity index (χ0) is 25.9. The lowest BCUT2D eigenvalue weighted by molar-refractivity contribution is -0.148. The molecule has 0 spiro atoms. The highest BCUT2D eigenvalue weighted by molar-refractivity contribution is 5.97. The SMILES string of the molecule is N[C@H](CC(=O)O)C(=O)N[C@H](CC(=O)O)C(=O)N[C@@H](CC(=O)O)C(=O)N[C@@H](CC(=O)O)C(=O)O. The highest BCUT2D eigenvalue weighted by Crippen LogP contribution is 2.02. The second kappa shape index (κ2) is 13.2. The van der Waals surface area contributed by atoms with Gasteiger partial charge in [-0.2, -0.15) is 0 Å². The number of carbonyl (C=O) groups is 8. The van der Waals surface area contributed by atoms with Crippen LogP contribution in [0.25, 0.3) is 0 Å². The van der Waals surface area contributed by atoms with Gasteiger partial charge < -0.3 is 47.2 Å². The summed E-state index contributed by atoms with van der Waals surface area (Å²) < 4.78 is 0. The molecule has 3 amide bonds. The van der Waals surface area contributed by atoms with Crippen molar-refractivity contribution in [1.29, 1.82) is 0 Å². The molecular weight excluding hydrogens is 456 g/mol. The van der Waals surface area contributed by atoms with Crippen molar-refractivity contribution in [3.8, 4) is 0 Å². The van der Waals surface area contributed by atoms with Gasteiger partial charge in [-0.25, -0.2) is 4.79 Å². The minimum absolute atomic E-state index is 0.864. The molecule has 4 atom stereocenters. The van der Waals surface area contributed by atoms with E-state index in [0.717, 1.165) is 0 Å². The van der Waals surface area contributed by atoms with E-state index in [-0.39, 0.29) is 0 Å². The van der Waals surface area contributed by atoms with Gasteiger partial charge in [-0.3, -0.25) is 33.6 Å². The van der Waals surface area contributed by atoms with Crippen molar-refractivity contribution in [2.24, 2.45) is 5.73 Å². The molecule has 184 valence electrons. The first-order valence-electron chi connectivity index (χ1n) is 8.90. The molecule has 0 aromatic carbocycles. The van der Waals surface area contributed by atoms with Crippen molar-refractivity contribution in [3.63, 3.8) is 0 Å². The zero-order valence-corrected chi connectivity index (χ0v) is 16.7. The van der Waals surface area contributed by atoms with Crippen LogP contribution in [0.1, 0.15) is 25.7 Å². The van der Waals surface area contributed by atoms with E-state index in [4.69, 9.17) is 31.3 Å². The molecule has 0 heterocycles. The summed E-state index contributed by atoms with van der Waals surface area (Å²) in [5.41, 5.74) is 5.32. The molecule has 0 aliphatic carbocycles. The van der Waals surface area contributed by atoms with E-state index < -0.39 is 97.4 Å². The number of carboxylic acid groups (broad SMARTS) is 5. The van der Waals surface area contributed by atoms with Crippen LogP contribution in [0.5, 0.6) is 0 Å². The van der Waals surface area contributed by atoms with Gasteiger partial charge in [-0.05, 0) is 0 Å². The van der Waals surface area contributed by atoms with Crippen LogP contribution in [0.4, 0.5) is 0 Å². The summed E-state index contributed by atoms with van der Waals surface area (Å²) in [4.78, 5) is 91.1. The first-order valence-corrected chi connectivity index (χ1v) is 8.90. The molecule has 0 aromatic heterocycles. The van der Waals surface area contributed by atoms with Crippen molar-refractivity contribution in [2.75, 3.05) is 0 Å². The van der Waals surface area contributed by atoms with Crippen LogP contribution in [0.3, 0.4) is 0 Å². The lowest BCUT2D eigenvalue weighted by Gasteiger charge is -2.23. The minimum atomic E-state index is -1.99. The number of amides is 3. The van der Waals surface area contributed by atoms with E-state index in [1.54, 1.807) is 5.32 Å². The molecule has 17 nitrogen and oxygen atoms in total. The van der Waals surface area contributed by atoms with Crippen molar-refractivity contribution < 1.29 is 63.9 Å². The molecule has 0 aromatic rings. The quantitative estimate of drug-likeness (QED) is 0.108. The number of nitrogens with two attached hydrogens (primary N) is 1. The van der Waals surface area contributed by atoms with Crippen molar-refractivity contribution in [1.82, 2.24) is 16.0 Å². The summed E-state index contributed by atoms with van der Waals surface area (Å²) in [5, 5.41) is 49.6. The number of rotatable bonds is 15. The van der Waals surface area contributed by atoms with E-state index >= 15 is 0 Å². The predicted molar refractivity (Wildman–Crippen MR) is 100 cm³/mol. The predicted octanol–water partition coefficient (Wildman–Crippen LogP) is -4.25. The Morgan fingerprint density at radius 1 is 0.515 bits per heavy atom. The minimum Gasteiger partial charge on any atom is -0.481 e. The summed E-state index contributed by atoms with van der Waals surface area (Å²) in [7, 11) is 0. The standard InChI is InChI=1S/C16H22N4O13/c17-5(1-9(21)22)13(29)18-6(2-10(23)24)14(30)19-7(3-11(25)26)15(31)20-8(16(32)33)4-12(27)28/h5-8H,1-4,17H2,(H,18,29)(H,19,30)(H,20,31)(H,21,22)(H,23,24)(H,25,26)(H,27,28)(H,32,33)/t5-,6-,7+,8+/m1/s1. The van der Waals surface area contributed by atoms with Crippen LogP contribution in [-0.2, 0) is 38.4 Å². The fourth-order valence-electron chi connectivity index (χ4n) is 2.25. The topological polar surface area (TPSA) is 300 Å². The molecule has 33 heavy (non-hydrogen) atoms. The second-order valence-corrected chi connectivity index (χ2v) is 6.52. The van der Waals surface area contributed by atoms with E-state index in [1.165, 1.54) is 0 Å². The van der Waals surface area contributed by atoms with E-state index in [9.17, 15) is 38.4 Å². The molecule has 0 fully saturated rings. The third-order valence-corrected chi connectivity index (χ3v) is 3.75. The van der Waals surface area contributed by atoms with Crippen LogP contribution >= 0.6 is 0 Å². The molecule has 0 radical (unpaired) electrons. The Balaban J connectivity index is 5.58. The maximum Gasteiger partial charge on any atom is 0.326 e. The lowest BCUT2D eigenvalue weighted by atomic mass is 10.1. The molecule has 0 aliphatic heterocycles. The normalized spacial score (nSPS) is 14.0. The Hall–Kier alpha value is -4.28. The third-order valence-electron chi connectivity index (χ3n) is 3.75. The Bertz CT molecular complexity index is 827. The molecule has 0 saturated carbocycles. The molecule has 0 aliphatic rings. The fraction of sp³-hybridized carbons (Fsp3) is 0.500. The van der Waals surface area contributed by atoms with Crippen molar-refractivity contribution in [2.45, 2.75) is 49.9 Å². The summed E-state index contributed by atoms with van der Waals surface area (Å²) in [5.74, 6) is -12.1. The highest BCUT2D eigenvalue weighted by Gasteiger charge is 2.33. The number of hydrogen-bond donors (Lipinski definition) is 9. The molecule has 0 bridgehead atoms. The largest absolute Gasteiger partial charge is 0.481 e. The molecule has 17 heteroatoms. The Morgan fingerprint density at radius 2 is 0.818 bits per heavy atom. The van der Waals surface area contributed by atoms with Crippen LogP contribution in [-0.4, -0.2) is 97.3 Å². The number of carbonyl (C=O) groups excluding carboxylic acids is 3. The first-order chi connectivity index (χ1) is 15.1. The summed E-state index contributed by atoms with van der Waals surface area (Å²) >= 11 is 0. The van der Waals surface area contributed by atoms with Crippen molar-refractivity contribution >= 4 is 47.6 Å². The maximum atomic E-state index is 12.4. The smallest absolute Gasteiger partial charge is 0.326 e. The highest BCUT2D eigenvalue weighted by atomic mass is 16.4. The van der Waals surface area contributed by atoms with Crippen LogP contribution in [0.15, 0.2) is 0 Å². The number of aliphatic carboxylic acids is 5. The van der Waals surface area contributed by atoms with Crippen LogP contribution in [0.2, 0.25) is 0 Å². The third kappa shape index (κ3) is 11.6. The second-order valence-electron chi connectivity index (χ2n) is 6.52. The molecular formula is C16H22N4O13. The van der Waals surface area contributed by atoms with Crippen LogP contribution < -0.4 is 21.7 Å². The molecule has 0 rings (SSSR count). The lowest BCUT2D eigenvalue weighted by Crippen LogP contribution is -2.58. The molecule has 10 N–H and O–H groups in total. The number of nitrogens with one attached hydrogen (secondary N) is 3. The summed E-state index contributed by atoms with van der Waals surface area (Å²) in [6.07, 6.45) is -4.13. The van der Waals surface area contributed by atoms with E-state index in [0.29, 0.717) is 0 Å². The van der Waals surface area contributed by atoms with Gasteiger partial charge in [-0.15, -0.1) is 0 Å². The van der Waals surface area contributed by atoms with Gasteiger partial charge in [0.25, 0.3) is 0 Å². The Kier molecular flexibility index (Phi) is 11.5. The maximum absolute atomic E-state index is 12.4. The van der Waals surface area contributed by atoms with E-state index in [2.05, 4.69) is 0 Å². The summed E-state index contributed by atoms with van der Waals surface area (Å²) in [6, 6.07) is -7.57. The van der Waals surface area contributed by atoms with Gasteiger partial charge in [0, 0.05) is 0 Å². The Morgan fingerprint density at radius 3 is 1.15 bits per heavy atom. The van der Waals surface area contributed by atoms with E-state index in [1.807, 2.05) is 10.6 Å². The van der Waals surface area contributed by atoms with Gasteiger partial charge in [0.15, 0.2) is 0 Å². The van der Waals surface area contributed by atoms with Crippen molar-refractivity contribution in [3.05, 3.63) is 0 Å². The van der Waals surface area contributed by atoms with Gasteiger partial charge in [0.05, 0.1) is 31.7 Å². The Labute approximate surface area is 183 Å². The van der Waals surface area contributed by atoms with Gasteiger partial charge in [-0.1, -0.05) is 0 Å². The van der Waals surface area contributed by atoms with Gasteiger partial charge in [0.2, 0.25) is 17.7 Å². The molecule has 0 unspecified atom stereocenters. The summed E-state index contributed by atoms with van der Waals surface area (Å²) in [6.45, 7) is 0. The number of carboxylic acids is 5. The average Bonchev–Trinajstić information content (AvgIpc) is 2.64. The van der Waals surface area contributed by atoms with Gasteiger partial charge in [0.1, 0.15) is 18.1 Å². The first kappa shape index (κ1) is 28.7.